The molecule has 0 aromatic carbocycles. The number of hydrogen-bond donors (Lipinski definition) is 1. The van der Waals surface area contributed by atoms with E-state index in [-0.39, 0.29) is 11.2 Å². The van der Waals surface area contributed by atoms with E-state index in [2.05, 4.69) is 44.4 Å². The molecule has 1 aromatic rings. The monoisotopic (exact) mass is 361 g/mol. The van der Waals surface area contributed by atoms with Crippen molar-refractivity contribution >= 4 is 24.3 Å². The highest BCUT2D eigenvalue weighted by molar-refractivity contribution is 8.00. The summed E-state index contributed by atoms with van der Waals surface area (Å²) in [6.45, 7) is 8.21. The van der Waals surface area contributed by atoms with E-state index in [9.17, 15) is 5.11 Å². The van der Waals surface area contributed by atoms with E-state index in [1.54, 1.807) is 0 Å². The van der Waals surface area contributed by atoms with Crippen molar-refractivity contribution in [3.8, 4) is 0 Å². The lowest BCUT2D eigenvalue weighted by molar-refractivity contribution is 0.00407. The summed E-state index contributed by atoms with van der Waals surface area (Å²) in [5.41, 5.74) is 0.218. The molecule has 3 aliphatic heterocycles. The normalized spacial score (nSPS) is 36.4. The molecule has 3 aliphatic rings. The van der Waals surface area contributed by atoms with E-state index in [0.717, 1.165) is 24.0 Å². The Kier molecular flexibility index (Phi) is 4.27. The van der Waals surface area contributed by atoms with Crippen LogP contribution in [-0.2, 0) is 14.9 Å². The molecule has 0 saturated carbocycles. The minimum atomic E-state index is -0.782. The van der Waals surface area contributed by atoms with Crippen LogP contribution < -0.4 is 5.46 Å². The summed E-state index contributed by atoms with van der Waals surface area (Å²) in [6, 6.07) is 3.96. The quantitative estimate of drug-likeness (QED) is 0.821. The van der Waals surface area contributed by atoms with E-state index in [1.165, 1.54) is 19.3 Å². The summed E-state index contributed by atoms with van der Waals surface area (Å²) in [5, 5.41) is 12.4. The van der Waals surface area contributed by atoms with Crippen LogP contribution >= 0.6 is 11.8 Å². The van der Waals surface area contributed by atoms with E-state index < -0.39 is 12.7 Å². The number of aliphatic hydroxyl groups is 1. The van der Waals surface area contributed by atoms with Crippen molar-refractivity contribution < 1.29 is 14.4 Å². The third kappa shape index (κ3) is 3.16. The molecule has 0 radical (unpaired) electrons. The van der Waals surface area contributed by atoms with Crippen molar-refractivity contribution in [3.63, 3.8) is 0 Å². The summed E-state index contributed by atoms with van der Waals surface area (Å²) >= 11 is 2.07. The van der Waals surface area contributed by atoms with Crippen LogP contribution in [0.15, 0.2) is 18.3 Å². The Hall–Kier alpha value is -0.555. The van der Waals surface area contributed by atoms with Gasteiger partial charge < -0.3 is 14.4 Å². The van der Waals surface area contributed by atoms with Crippen LogP contribution in [0.2, 0.25) is 0 Å². The van der Waals surface area contributed by atoms with Gasteiger partial charge in [-0.25, -0.2) is 0 Å². The van der Waals surface area contributed by atoms with Crippen LogP contribution in [0.5, 0.6) is 0 Å². The molecule has 3 saturated heterocycles. The van der Waals surface area contributed by atoms with Gasteiger partial charge in [0.2, 0.25) is 0 Å². The number of fused-ring (bicyclic) bond motifs is 2. The number of aromatic nitrogens is 1. The molecule has 4 rings (SSSR count). The van der Waals surface area contributed by atoms with Crippen LogP contribution in [0.3, 0.4) is 0 Å². The van der Waals surface area contributed by atoms with Gasteiger partial charge in [-0.2, -0.15) is 11.8 Å². The summed E-state index contributed by atoms with van der Waals surface area (Å²) in [5.74, 6) is 0. The second-order valence-corrected chi connectivity index (χ2v) is 10.4. The zero-order valence-electron chi connectivity index (χ0n) is 15.6. The molecular formula is C19H28BNO3S. The van der Waals surface area contributed by atoms with E-state index in [0.29, 0.717) is 10.5 Å². The Balaban J connectivity index is 1.53. The smallest absolute Gasteiger partial charge is 0.399 e. The van der Waals surface area contributed by atoms with Gasteiger partial charge >= 0.3 is 7.12 Å². The molecule has 2 bridgehead atoms. The van der Waals surface area contributed by atoms with Gasteiger partial charge in [0.15, 0.2) is 0 Å². The maximum absolute atomic E-state index is 11.2. The molecule has 0 aliphatic carbocycles. The maximum Gasteiger partial charge on any atom is 0.496 e. The van der Waals surface area contributed by atoms with Crippen molar-refractivity contribution in [1.82, 2.24) is 4.98 Å². The van der Waals surface area contributed by atoms with Gasteiger partial charge in [-0.15, -0.1) is 0 Å². The maximum atomic E-state index is 11.2. The van der Waals surface area contributed by atoms with Crippen LogP contribution in [0.4, 0.5) is 0 Å². The van der Waals surface area contributed by atoms with Gasteiger partial charge in [0.1, 0.15) is 5.60 Å². The molecule has 0 amide bonds. The Labute approximate surface area is 155 Å². The standard InChI is InChI=1S/C19H28BNO3S/c1-17(2)18(3,4)24-20(23-17)13-8-9-16(21-12-13)19(22)10-14-6-5-7-15(11-19)25-14/h8-9,12,14-15,22H,5-7,10-11H2,1-4H3. The van der Waals surface area contributed by atoms with Crippen molar-refractivity contribution in [2.24, 2.45) is 0 Å². The third-order valence-electron chi connectivity index (χ3n) is 6.36. The number of hydrogen-bond acceptors (Lipinski definition) is 5. The molecule has 3 fully saturated rings. The van der Waals surface area contributed by atoms with Gasteiger partial charge in [0.25, 0.3) is 0 Å². The first-order chi connectivity index (χ1) is 11.7. The fraction of sp³-hybridized carbons (Fsp3) is 0.737. The van der Waals surface area contributed by atoms with Gasteiger partial charge in [0, 0.05) is 22.2 Å². The molecule has 25 heavy (non-hydrogen) atoms. The van der Waals surface area contributed by atoms with Crippen molar-refractivity contribution in [1.29, 1.82) is 0 Å². The minimum absolute atomic E-state index is 0.355. The fourth-order valence-electron chi connectivity index (χ4n) is 4.13. The van der Waals surface area contributed by atoms with E-state index >= 15 is 0 Å². The Morgan fingerprint density at radius 1 is 1.08 bits per heavy atom. The summed E-state index contributed by atoms with van der Waals surface area (Å²) in [4.78, 5) is 4.62. The van der Waals surface area contributed by atoms with Crippen LogP contribution in [-0.4, -0.2) is 38.9 Å². The zero-order chi connectivity index (χ0) is 17.9. The second kappa shape index (κ2) is 5.98. The molecule has 2 atom stereocenters. The summed E-state index contributed by atoms with van der Waals surface area (Å²) < 4.78 is 12.2. The van der Waals surface area contributed by atoms with Gasteiger partial charge in [0.05, 0.1) is 16.9 Å². The van der Waals surface area contributed by atoms with E-state index in [4.69, 9.17) is 9.31 Å². The zero-order valence-corrected chi connectivity index (χ0v) is 16.4. The predicted octanol–water partition coefficient (Wildman–Crippen LogP) is 3.02. The highest BCUT2D eigenvalue weighted by Crippen LogP contribution is 2.49. The van der Waals surface area contributed by atoms with Gasteiger partial charge in [-0.1, -0.05) is 12.5 Å². The van der Waals surface area contributed by atoms with Crippen LogP contribution in [0, 0.1) is 0 Å². The van der Waals surface area contributed by atoms with Crippen molar-refractivity contribution in [2.45, 2.75) is 87.1 Å². The lowest BCUT2D eigenvalue weighted by atomic mass is 9.78. The fourth-order valence-corrected chi connectivity index (χ4v) is 6.02. The van der Waals surface area contributed by atoms with Crippen molar-refractivity contribution in [2.75, 3.05) is 0 Å². The number of nitrogens with zero attached hydrogens (tertiary/aromatic N) is 1. The minimum Gasteiger partial charge on any atom is -0.399 e. The number of thioether (sulfide) groups is 1. The highest BCUT2D eigenvalue weighted by atomic mass is 32.2. The van der Waals surface area contributed by atoms with Gasteiger partial charge in [-0.3, -0.25) is 4.98 Å². The van der Waals surface area contributed by atoms with Crippen LogP contribution in [0.1, 0.15) is 65.5 Å². The molecule has 1 aromatic heterocycles. The lowest BCUT2D eigenvalue weighted by Crippen LogP contribution is -2.42. The summed E-state index contributed by atoms with van der Waals surface area (Å²) in [7, 11) is -0.400. The first-order valence-electron chi connectivity index (χ1n) is 9.38. The lowest BCUT2D eigenvalue weighted by Gasteiger charge is -2.43. The first kappa shape index (κ1) is 17.8. The molecule has 2 unspecified atom stereocenters. The average molecular weight is 361 g/mol. The molecule has 4 heterocycles. The third-order valence-corrected chi connectivity index (χ3v) is 7.93. The molecule has 136 valence electrons. The molecule has 4 nitrogen and oxygen atoms in total. The second-order valence-electron chi connectivity index (χ2n) is 8.82. The van der Waals surface area contributed by atoms with E-state index in [1.807, 2.05) is 18.3 Å². The van der Waals surface area contributed by atoms with Crippen LogP contribution in [0.25, 0.3) is 0 Å². The van der Waals surface area contributed by atoms with Gasteiger partial charge in [-0.05, 0) is 59.4 Å². The Morgan fingerprint density at radius 3 is 2.20 bits per heavy atom. The molecule has 6 heteroatoms. The number of pyridine rings is 1. The summed E-state index contributed by atoms with van der Waals surface area (Å²) in [6.07, 6.45) is 7.18. The molecule has 1 N–H and O–H groups in total. The Bertz CT molecular complexity index is 621. The average Bonchev–Trinajstić information content (AvgIpc) is 2.75. The SMILES string of the molecule is CC1(C)OB(c2ccc(C3(O)CC4CCCC(C3)S4)nc2)OC1(C)C. The first-order valence-corrected chi connectivity index (χ1v) is 10.3. The highest BCUT2D eigenvalue weighted by Gasteiger charge is 2.52. The largest absolute Gasteiger partial charge is 0.496 e. The topological polar surface area (TPSA) is 51.6 Å². The number of rotatable bonds is 2. The van der Waals surface area contributed by atoms with Crippen molar-refractivity contribution in [3.05, 3.63) is 24.0 Å². The predicted molar refractivity (Wildman–Crippen MR) is 102 cm³/mol. The Morgan fingerprint density at radius 2 is 1.68 bits per heavy atom. The molecular weight excluding hydrogens is 333 g/mol. The molecule has 0 spiro atoms.